The normalized spacial score (nSPS) is 23.0. The fraction of sp³-hybridized carbons (Fsp3) is 0.700. The summed E-state index contributed by atoms with van der Waals surface area (Å²) in [4.78, 5) is 0. The summed E-state index contributed by atoms with van der Waals surface area (Å²) in [6.07, 6.45) is 5.58. The molecule has 1 aromatic carbocycles. The van der Waals surface area contributed by atoms with Crippen LogP contribution < -0.4 is 4.74 Å². The average molecular weight is 342 g/mol. The van der Waals surface area contributed by atoms with E-state index in [2.05, 4.69) is 18.6 Å². The molecule has 0 radical (unpaired) electrons. The van der Waals surface area contributed by atoms with Crippen molar-refractivity contribution in [1.29, 1.82) is 0 Å². The molecule has 1 aromatic rings. The van der Waals surface area contributed by atoms with Crippen LogP contribution in [0.4, 0.5) is 13.2 Å². The van der Waals surface area contributed by atoms with Crippen molar-refractivity contribution < 1.29 is 17.9 Å². The van der Waals surface area contributed by atoms with Gasteiger partial charge in [-0.3, -0.25) is 0 Å². The molecule has 0 saturated heterocycles. The molecule has 136 valence electrons. The molecule has 1 nitrogen and oxygen atoms in total. The molecule has 0 bridgehead atoms. The van der Waals surface area contributed by atoms with E-state index in [1.165, 1.54) is 57.1 Å². The molecular formula is C20H29F3O. The van der Waals surface area contributed by atoms with Crippen molar-refractivity contribution in [2.75, 3.05) is 0 Å². The first-order valence-electron chi connectivity index (χ1n) is 9.22. The summed E-state index contributed by atoms with van der Waals surface area (Å²) < 4.78 is 40.5. The first kappa shape index (κ1) is 19.1. The van der Waals surface area contributed by atoms with E-state index in [1.54, 1.807) is 12.1 Å². The van der Waals surface area contributed by atoms with E-state index in [4.69, 9.17) is 0 Å². The SMILES string of the molecule is CCCCC1CCC(C(C)Cc2ccc(OC(F)(F)F)cc2)CC1. The predicted octanol–water partition coefficient (Wildman–Crippen LogP) is 6.76. The number of benzene rings is 1. The molecule has 0 aromatic heterocycles. The number of ether oxygens (including phenoxy) is 1. The number of hydrogen-bond donors (Lipinski definition) is 0. The minimum absolute atomic E-state index is 0.143. The lowest BCUT2D eigenvalue weighted by atomic mass is 9.73. The summed E-state index contributed by atoms with van der Waals surface area (Å²) in [6, 6.07) is 6.34. The van der Waals surface area contributed by atoms with Crippen molar-refractivity contribution in [2.45, 2.75) is 71.6 Å². The number of alkyl halides is 3. The summed E-state index contributed by atoms with van der Waals surface area (Å²) in [5.74, 6) is 2.09. The molecule has 4 heteroatoms. The van der Waals surface area contributed by atoms with E-state index in [0.717, 1.165) is 23.8 Å². The van der Waals surface area contributed by atoms with Crippen LogP contribution in [0.5, 0.6) is 5.75 Å². The summed E-state index contributed by atoms with van der Waals surface area (Å²) >= 11 is 0. The zero-order chi connectivity index (χ0) is 17.6. The van der Waals surface area contributed by atoms with Gasteiger partial charge in [0.25, 0.3) is 0 Å². The highest BCUT2D eigenvalue weighted by atomic mass is 19.4. The predicted molar refractivity (Wildman–Crippen MR) is 91.0 cm³/mol. The molecule has 1 atom stereocenters. The summed E-state index contributed by atoms with van der Waals surface area (Å²) in [6.45, 7) is 4.52. The van der Waals surface area contributed by atoms with Crippen molar-refractivity contribution in [3.63, 3.8) is 0 Å². The molecule has 1 unspecified atom stereocenters. The molecule has 1 fully saturated rings. The Morgan fingerprint density at radius 1 is 1.08 bits per heavy atom. The van der Waals surface area contributed by atoms with Crippen LogP contribution in [0.25, 0.3) is 0 Å². The lowest BCUT2D eigenvalue weighted by molar-refractivity contribution is -0.274. The first-order valence-corrected chi connectivity index (χ1v) is 9.22. The Balaban J connectivity index is 1.79. The summed E-state index contributed by atoms with van der Waals surface area (Å²) in [7, 11) is 0. The quantitative estimate of drug-likeness (QED) is 0.532. The Hall–Kier alpha value is -1.19. The minimum atomic E-state index is -4.62. The highest BCUT2D eigenvalue weighted by Crippen LogP contribution is 2.37. The van der Waals surface area contributed by atoms with Gasteiger partial charge in [0.15, 0.2) is 0 Å². The van der Waals surface area contributed by atoms with E-state index in [1.807, 2.05) is 0 Å². The third kappa shape index (κ3) is 6.37. The Kier molecular flexibility index (Phi) is 7.00. The molecule has 0 amide bonds. The van der Waals surface area contributed by atoms with E-state index < -0.39 is 6.36 Å². The van der Waals surface area contributed by atoms with Crippen LogP contribution in [0.3, 0.4) is 0 Å². The van der Waals surface area contributed by atoms with Crippen molar-refractivity contribution >= 4 is 0 Å². The van der Waals surface area contributed by atoms with Crippen molar-refractivity contribution in [1.82, 2.24) is 0 Å². The molecule has 0 aliphatic heterocycles. The largest absolute Gasteiger partial charge is 0.573 e. The highest BCUT2D eigenvalue weighted by Gasteiger charge is 2.31. The fourth-order valence-electron chi connectivity index (χ4n) is 3.90. The van der Waals surface area contributed by atoms with Crippen LogP contribution in [0.2, 0.25) is 0 Å². The summed E-state index contributed by atoms with van der Waals surface area (Å²) in [5, 5.41) is 0. The van der Waals surface area contributed by atoms with Gasteiger partial charge >= 0.3 is 6.36 Å². The monoisotopic (exact) mass is 342 g/mol. The van der Waals surface area contributed by atoms with Crippen LogP contribution in [0, 0.1) is 17.8 Å². The number of halogens is 3. The number of rotatable bonds is 7. The van der Waals surface area contributed by atoms with Crippen molar-refractivity contribution in [3.8, 4) is 5.75 Å². The van der Waals surface area contributed by atoms with E-state index >= 15 is 0 Å². The third-order valence-corrected chi connectivity index (χ3v) is 5.38. The van der Waals surface area contributed by atoms with Gasteiger partial charge in [0.1, 0.15) is 5.75 Å². The second kappa shape index (κ2) is 8.77. The number of hydrogen-bond acceptors (Lipinski definition) is 1. The van der Waals surface area contributed by atoms with Gasteiger partial charge in [-0.2, -0.15) is 0 Å². The fourth-order valence-corrected chi connectivity index (χ4v) is 3.90. The van der Waals surface area contributed by atoms with Gasteiger partial charge in [0.05, 0.1) is 0 Å². The van der Waals surface area contributed by atoms with Gasteiger partial charge in [-0.25, -0.2) is 0 Å². The molecule has 0 N–H and O–H groups in total. The van der Waals surface area contributed by atoms with Gasteiger partial charge in [-0.1, -0.05) is 58.1 Å². The van der Waals surface area contributed by atoms with Crippen molar-refractivity contribution in [2.24, 2.45) is 17.8 Å². The van der Waals surface area contributed by atoms with Crippen LogP contribution >= 0.6 is 0 Å². The van der Waals surface area contributed by atoms with Gasteiger partial charge in [0, 0.05) is 0 Å². The first-order chi connectivity index (χ1) is 11.4. The topological polar surface area (TPSA) is 9.23 Å². The maximum absolute atomic E-state index is 12.2. The molecule has 1 aliphatic rings. The van der Waals surface area contributed by atoms with Gasteiger partial charge in [-0.05, 0) is 54.7 Å². The maximum atomic E-state index is 12.2. The number of unbranched alkanes of at least 4 members (excludes halogenated alkanes) is 1. The van der Waals surface area contributed by atoms with Gasteiger partial charge in [0.2, 0.25) is 0 Å². The standard InChI is InChI=1S/C20H29F3O/c1-3-4-5-16-6-10-18(11-7-16)15(2)14-17-8-12-19(13-9-17)24-20(21,22)23/h8-9,12-13,15-16,18H,3-7,10-11,14H2,1-2H3. The Morgan fingerprint density at radius 2 is 1.71 bits per heavy atom. The second-order valence-electron chi connectivity index (χ2n) is 7.30. The maximum Gasteiger partial charge on any atom is 0.573 e. The highest BCUT2D eigenvalue weighted by molar-refractivity contribution is 5.27. The average Bonchev–Trinajstić information content (AvgIpc) is 2.54. The Bertz CT molecular complexity index is 473. The Labute approximate surface area is 143 Å². The lowest BCUT2D eigenvalue weighted by Gasteiger charge is -2.32. The summed E-state index contributed by atoms with van der Waals surface area (Å²) in [5.41, 5.74) is 1.09. The minimum Gasteiger partial charge on any atom is -0.406 e. The van der Waals surface area contributed by atoms with Crippen LogP contribution in [-0.4, -0.2) is 6.36 Å². The third-order valence-electron chi connectivity index (χ3n) is 5.38. The van der Waals surface area contributed by atoms with Crippen LogP contribution in [-0.2, 0) is 6.42 Å². The molecule has 1 saturated carbocycles. The van der Waals surface area contributed by atoms with E-state index in [9.17, 15) is 13.2 Å². The zero-order valence-electron chi connectivity index (χ0n) is 14.7. The molecular weight excluding hydrogens is 313 g/mol. The lowest BCUT2D eigenvalue weighted by Crippen LogP contribution is -2.21. The Morgan fingerprint density at radius 3 is 2.25 bits per heavy atom. The molecule has 24 heavy (non-hydrogen) atoms. The molecule has 1 aliphatic carbocycles. The van der Waals surface area contributed by atoms with Gasteiger partial charge in [-0.15, -0.1) is 13.2 Å². The van der Waals surface area contributed by atoms with Gasteiger partial charge < -0.3 is 4.74 Å². The van der Waals surface area contributed by atoms with Crippen molar-refractivity contribution in [3.05, 3.63) is 29.8 Å². The smallest absolute Gasteiger partial charge is 0.406 e. The molecule has 2 rings (SSSR count). The molecule has 0 spiro atoms. The van der Waals surface area contributed by atoms with Crippen LogP contribution in [0.1, 0.15) is 64.4 Å². The second-order valence-corrected chi connectivity index (χ2v) is 7.30. The molecule has 0 heterocycles. The van der Waals surface area contributed by atoms with E-state index in [-0.39, 0.29) is 5.75 Å². The zero-order valence-corrected chi connectivity index (χ0v) is 14.7. The van der Waals surface area contributed by atoms with Crippen LogP contribution in [0.15, 0.2) is 24.3 Å². The van der Waals surface area contributed by atoms with E-state index in [0.29, 0.717) is 5.92 Å².